The van der Waals surface area contributed by atoms with Crippen molar-refractivity contribution >= 4 is 11.8 Å². The zero-order chi connectivity index (χ0) is 13.0. The number of ketones is 1. The molecular formula is C12H16N2O3. The van der Waals surface area contributed by atoms with Crippen molar-refractivity contribution < 1.29 is 14.3 Å². The second-order valence-electron chi connectivity index (χ2n) is 3.88. The van der Waals surface area contributed by atoms with E-state index in [-0.39, 0.29) is 17.4 Å². The van der Waals surface area contributed by atoms with Gasteiger partial charge < -0.3 is 4.74 Å². The molecule has 92 valence electrons. The Labute approximate surface area is 100 Å². The van der Waals surface area contributed by atoms with E-state index in [0.717, 1.165) is 0 Å². The molecule has 5 nitrogen and oxygen atoms in total. The van der Waals surface area contributed by atoms with E-state index < -0.39 is 11.9 Å². The molecule has 0 fully saturated rings. The van der Waals surface area contributed by atoms with Gasteiger partial charge in [0.05, 0.1) is 11.9 Å². The molecule has 1 aliphatic rings. The Balaban J connectivity index is 0.000000437. The minimum absolute atomic E-state index is 0.0173. The Bertz CT molecular complexity index is 443. The third-order valence-electron chi connectivity index (χ3n) is 2.04. The fraction of sp³-hybridized carbons (Fsp3) is 0.500. The van der Waals surface area contributed by atoms with Gasteiger partial charge in [-0.3, -0.25) is 9.59 Å². The molecule has 1 unspecified atom stereocenters. The summed E-state index contributed by atoms with van der Waals surface area (Å²) in [7, 11) is 0. The number of hydrogen-bond donors (Lipinski definition) is 0. The summed E-state index contributed by atoms with van der Waals surface area (Å²) in [4.78, 5) is 30.5. The Kier molecular flexibility index (Phi) is 4.31. The van der Waals surface area contributed by atoms with E-state index in [9.17, 15) is 9.59 Å². The van der Waals surface area contributed by atoms with Crippen molar-refractivity contribution in [2.24, 2.45) is 5.92 Å². The summed E-state index contributed by atoms with van der Waals surface area (Å²) in [6, 6.07) is 0. The predicted molar refractivity (Wildman–Crippen MR) is 61.9 cm³/mol. The maximum Gasteiger partial charge on any atom is 0.323 e. The molecule has 0 aromatic carbocycles. The van der Waals surface area contributed by atoms with Crippen LogP contribution in [0.4, 0.5) is 0 Å². The number of hydrogen-bond acceptors (Lipinski definition) is 5. The smallest absolute Gasteiger partial charge is 0.323 e. The standard InChI is InChI=1S/C9H8N2O3.C3H8/c1-4-3-10-8-6(11-4)7(12)5(2)9(13)14-8;1-3-2/h3,5H,1-2H3;3H2,1-2H3. The lowest BCUT2D eigenvalue weighted by molar-refractivity contribution is -0.137. The number of nitrogens with zero attached hydrogens (tertiary/aromatic N) is 2. The van der Waals surface area contributed by atoms with Gasteiger partial charge in [0, 0.05) is 0 Å². The van der Waals surface area contributed by atoms with Gasteiger partial charge in [-0.1, -0.05) is 20.3 Å². The molecule has 1 aromatic heterocycles. The van der Waals surface area contributed by atoms with E-state index in [0.29, 0.717) is 5.69 Å². The van der Waals surface area contributed by atoms with Crippen molar-refractivity contribution in [3.63, 3.8) is 0 Å². The molecular weight excluding hydrogens is 220 g/mol. The normalized spacial score (nSPS) is 17.8. The van der Waals surface area contributed by atoms with Gasteiger partial charge >= 0.3 is 5.97 Å². The van der Waals surface area contributed by atoms with Crippen molar-refractivity contribution in [2.75, 3.05) is 0 Å². The molecule has 1 aromatic rings. The average molecular weight is 236 g/mol. The van der Waals surface area contributed by atoms with E-state index in [1.54, 1.807) is 6.92 Å². The Morgan fingerprint density at radius 1 is 1.35 bits per heavy atom. The molecule has 0 saturated heterocycles. The molecule has 1 aliphatic heterocycles. The summed E-state index contributed by atoms with van der Waals surface area (Å²) < 4.78 is 4.84. The first-order valence-electron chi connectivity index (χ1n) is 5.60. The molecule has 0 bridgehead atoms. The van der Waals surface area contributed by atoms with Crippen molar-refractivity contribution in [1.29, 1.82) is 0 Å². The molecule has 1 atom stereocenters. The highest BCUT2D eigenvalue weighted by atomic mass is 16.5. The molecule has 17 heavy (non-hydrogen) atoms. The first-order valence-corrected chi connectivity index (χ1v) is 5.60. The zero-order valence-corrected chi connectivity index (χ0v) is 10.5. The van der Waals surface area contributed by atoms with Gasteiger partial charge in [0.2, 0.25) is 5.78 Å². The van der Waals surface area contributed by atoms with Gasteiger partial charge in [0.15, 0.2) is 5.69 Å². The number of ether oxygens (including phenoxy) is 1. The van der Waals surface area contributed by atoms with Crippen LogP contribution in [0.3, 0.4) is 0 Å². The number of Topliss-reactive ketones (excluding diaryl/α,β-unsaturated/α-hetero) is 1. The molecule has 0 aliphatic carbocycles. The third kappa shape index (κ3) is 2.87. The lowest BCUT2D eigenvalue weighted by Gasteiger charge is -2.17. The summed E-state index contributed by atoms with van der Waals surface area (Å²) >= 11 is 0. The van der Waals surface area contributed by atoms with Crippen LogP contribution >= 0.6 is 0 Å². The number of esters is 1. The first kappa shape index (κ1) is 13.3. The Morgan fingerprint density at radius 2 is 1.94 bits per heavy atom. The molecule has 0 N–H and O–H groups in total. The SMILES string of the molecule is CCC.Cc1cnc2c(n1)C(=O)C(C)C(=O)O2. The molecule has 5 heteroatoms. The van der Waals surface area contributed by atoms with Crippen LogP contribution < -0.4 is 4.74 Å². The lowest BCUT2D eigenvalue weighted by Crippen LogP contribution is -2.32. The molecule has 0 saturated carbocycles. The Hall–Kier alpha value is -1.78. The quantitative estimate of drug-likeness (QED) is 0.508. The summed E-state index contributed by atoms with van der Waals surface area (Å²) in [6.07, 6.45) is 2.70. The van der Waals surface area contributed by atoms with Crippen LogP contribution in [-0.2, 0) is 4.79 Å². The highest BCUT2D eigenvalue weighted by Gasteiger charge is 2.35. The first-order chi connectivity index (χ1) is 8.01. The number of carbonyl (C=O) groups excluding carboxylic acids is 2. The summed E-state index contributed by atoms with van der Waals surface area (Å²) in [6.45, 7) is 7.47. The van der Waals surface area contributed by atoms with Crippen LogP contribution in [0.25, 0.3) is 0 Å². The lowest BCUT2D eigenvalue weighted by atomic mass is 10.0. The number of fused-ring (bicyclic) bond motifs is 1. The molecule has 2 rings (SSSR count). The second-order valence-corrected chi connectivity index (χ2v) is 3.88. The van der Waals surface area contributed by atoms with Crippen molar-refractivity contribution in [2.45, 2.75) is 34.1 Å². The van der Waals surface area contributed by atoms with Crippen LogP contribution in [0.15, 0.2) is 6.20 Å². The fourth-order valence-electron chi connectivity index (χ4n) is 1.20. The van der Waals surface area contributed by atoms with E-state index in [1.807, 2.05) is 0 Å². The summed E-state index contributed by atoms with van der Waals surface area (Å²) in [5.74, 6) is -1.66. The summed E-state index contributed by atoms with van der Waals surface area (Å²) in [5, 5.41) is 0. The number of carbonyl (C=O) groups is 2. The number of aromatic nitrogens is 2. The van der Waals surface area contributed by atoms with Crippen LogP contribution in [0, 0.1) is 12.8 Å². The molecule has 0 radical (unpaired) electrons. The minimum atomic E-state index is -0.779. The van der Waals surface area contributed by atoms with Crippen molar-refractivity contribution in [1.82, 2.24) is 9.97 Å². The van der Waals surface area contributed by atoms with E-state index in [1.165, 1.54) is 19.5 Å². The van der Waals surface area contributed by atoms with E-state index >= 15 is 0 Å². The van der Waals surface area contributed by atoms with Gasteiger partial charge in [0.25, 0.3) is 5.88 Å². The van der Waals surface area contributed by atoms with Crippen molar-refractivity contribution in [3.8, 4) is 5.88 Å². The fourth-order valence-corrected chi connectivity index (χ4v) is 1.20. The topological polar surface area (TPSA) is 69.2 Å². The average Bonchev–Trinajstić information content (AvgIpc) is 2.29. The van der Waals surface area contributed by atoms with Crippen LogP contribution in [0.1, 0.15) is 43.4 Å². The second kappa shape index (κ2) is 5.52. The third-order valence-corrected chi connectivity index (χ3v) is 2.04. The van der Waals surface area contributed by atoms with Gasteiger partial charge in [-0.05, 0) is 13.8 Å². The highest BCUT2D eigenvalue weighted by Crippen LogP contribution is 2.23. The van der Waals surface area contributed by atoms with Crippen LogP contribution in [0.2, 0.25) is 0 Å². The van der Waals surface area contributed by atoms with Crippen LogP contribution in [0.5, 0.6) is 5.88 Å². The highest BCUT2D eigenvalue weighted by molar-refractivity contribution is 6.11. The van der Waals surface area contributed by atoms with Crippen LogP contribution in [-0.4, -0.2) is 21.7 Å². The van der Waals surface area contributed by atoms with Gasteiger partial charge in [-0.15, -0.1) is 0 Å². The maximum atomic E-state index is 11.6. The van der Waals surface area contributed by atoms with Gasteiger partial charge in [0.1, 0.15) is 5.92 Å². The van der Waals surface area contributed by atoms with E-state index in [2.05, 4.69) is 23.8 Å². The number of rotatable bonds is 0. The predicted octanol–water partition coefficient (Wildman–Crippen LogP) is 1.94. The van der Waals surface area contributed by atoms with Crippen molar-refractivity contribution in [3.05, 3.63) is 17.6 Å². The maximum absolute atomic E-state index is 11.6. The largest absolute Gasteiger partial charge is 0.404 e. The minimum Gasteiger partial charge on any atom is -0.404 e. The Morgan fingerprint density at radius 3 is 2.53 bits per heavy atom. The molecule has 0 amide bonds. The monoisotopic (exact) mass is 236 g/mol. The molecule has 0 spiro atoms. The summed E-state index contributed by atoms with van der Waals surface area (Å²) in [5.41, 5.74) is 0.777. The zero-order valence-electron chi connectivity index (χ0n) is 10.5. The number of aryl methyl sites for hydroxylation is 1. The van der Waals surface area contributed by atoms with Gasteiger partial charge in [-0.25, -0.2) is 9.97 Å². The van der Waals surface area contributed by atoms with Gasteiger partial charge in [-0.2, -0.15) is 0 Å². The molecule has 2 heterocycles. The van der Waals surface area contributed by atoms with E-state index in [4.69, 9.17) is 4.74 Å².